The van der Waals surface area contributed by atoms with Gasteiger partial charge in [-0.25, -0.2) is 4.68 Å². The summed E-state index contributed by atoms with van der Waals surface area (Å²) in [6.45, 7) is 4.32. The van der Waals surface area contributed by atoms with Crippen LogP contribution in [-0.4, -0.2) is 53.9 Å². The number of nitrogens with zero attached hydrogens (tertiary/aromatic N) is 4. The lowest BCUT2D eigenvalue weighted by atomic mass is 10.1. The molecule has 0 atom stereocenters. The minimum absolute atomic E-state index is 0.184. The van der Waals surface area contributed by atoms with Gasteiger partial charge in [-0.05, 0) is 30.7 Å². The van der Waals surface area contributed by atoms with Crippen molar-refractivity contribution < 1.29 is 22.7 Å². The summed E-state index contributed by atoms with van der Waals surface area (Å²) >= 11 is 0. The normalized spacial score (nSPS) is 14.1. The van der Waals surface area contributed by atoms with Crippen molar-refractivity contribution in [2.45, 2.75) is 19.6 Å². The Kier molecular flexibility index (Phi) is 6.93. The smallest absolute Gasteiger partial charge is 0.378 e. The summed E-state index contributed by atoms with van der Waals surface area (Å²) in [4.78, 5) is 29.4. The fourth-order valence-corrected chi connectivity index (χ4v) is 4.10. The molecule has 0 radical (unpaired) electrons. The number of halogens is 3. The highest BCUT2D eigenvalue weighted by Gasteiger charge is 2.34. The maximum absolute atomic E-state index is 13.6. The summed E-state index contributed by atoms with van der Waals surface area (Å²) in [5.74, 6) is -0.676. The second-order valence-corrected chi connectivity index (χ2v) is 8.31. The lowest BCUT2D eigenvalue weighted by Gasteiger charge is -2.31. The van der Waals surface area contributed by atoms with E-state index in [4.69, 9.17) is 4.74 Å². The average Bonchev–Trinajstić information content (AvgIpc) is 2.84. The summed E-state index contributed by atoms with van der Waals surface area (Å²) in [6, 6.07) is 13.7. The summed E-state index contributed by atoms with van der Waals surface area (Å²) in [6.07, 6.45) is -4.63. The molecule has 0 N–H and O–H groups in total. The first-order chi connectivity index (χ1) is 16.7. The van der Waals surface area contributed by atoms with E-state index in [1.807, 2.05) is 24.3 Å². The number of amides is 1. The summed E-state index contributed by atoms with van der Waals surface area (Å²) < 4.78 is 47.1. The van der Waals surface area contributed by atoms with Gasteiger partial charge >= 0.3 is 6.18 Å². The van der Waals surface area contributed by atoms with Crippen LogP contribution in [0.15, 0.2) is 59.4 Å². The minimum Gasteiger partial charge on any atom is -0.378 e. The molecule has 35 heavy (non-hydrogen) atoms. The van der Waals surface area contributed by atoms with Gasteiger partial charge in [0.15, 0.2) is 5.69 Å². The van der Waals surface area contributed by atoms with Crippen LogP contribution in [0.1, 0.15) is 27.3 Å². The monoisotopic (exact) mass is 486 g/mol. The van der Waals surface area contributed by atoms with Crippen LogP contribution in [-0.2, 0) is 17.5 Å². The number of aromatic nitrogens is 2. The molecule has 1 aliphatic rings. The number of alkyl halides is 3. The van der Waals surface area contributed by atoms with Crippen molar-refractivity contribution in [1.29, 1.82) is 0 Å². The molecule has 0 spiro atoms. The quantitative estimate of drug-likeness (QED) is 0.551. The fourth-order valence-electron chi connectivity index (χ4n) is 4.10. The first-order valence-electron chi connectivity index (χ1n) is 11.1. The van der Waals surface area contributed by atoms with Crippen molar-refractivity contribution in [2.24, 2.45) is 0 Å². The number of carbonyl (C=O) groups is 1. The Hall–Kier alpha value is -3.66. The van der Waals surface area contributed by atoms with Crippen LogP contribution in [0.5, 0.6) is 0 Å². The predicted molar refractivity (Wildman–Crippen MR) is 125 cm³/mol. The summed E-state index contributed by atoms with van der Waals surface area (Å²) in [5, 5.41) is 4.08. The number of rotatable bonds is 5. The van der Waals surface area contributed by atoms with E-state index in [1.165, 1.54) is 37.1 Å². The Morgan fingerprint density at radius 1 is 1.06 bits per heavy atom. The van der Waals surface area contributed by atoms with E-state index < -0.39 is 28.8 Å². The van der Waals surface area contributed by atoms with E-state index in [1.54, 1.807) is 0 Å². The molecule has 3 aromatic rings. The zero-order valence-electron chi connectivity index (χ0n) is 19.4. The standard InChI is InChI=1S/C25H25F3N4O3/c1-17-15-22(33)23(29-32(17)21-10-6-4-8-19(21)25(26,27)28)24(34)30(2)16-18-7-3-5-9-20(18)31-11-13-35-14-12-31/h3-10,15H,11-14,16H2,1-2H3. The molecular formula is C25H25F3N4O3. The average molecular weight is 486 g/mol. The van der Waals surface area contributed by atoms with Gasteiger partial charge in [-0.3, -0.25) is 9.59 Å². The second kappa shape index (κ2) is 9.91. The van der Waals surface area contributed by atoms with E-state index in [2.05, 4.69) is 10.00 Å². The zero-order valence-corrected chi connectivity index (χ0v) is 19.4. The summed E-state index contributed by atoms with van der Waals surface area (Å²) in [7, 11) is 1.54. The van der Waals surface area contributed by atoms with E-state index >= 15 is 0 Å². The van der Waals surface area contributed by atoms with Gasteiger partial charge in [-0.15, -0.1) is 0 Å². The van der Waals surface area contributed by atoms with Crippen molar-refractivity contribution in [3.05, 3.63) is 87.3 Å². The number of anilines is 1. The van der Waals surface area contributed by atoms with Crippen molar-refractivity contribution >= 4 is 11.6 Å². The lowest BCUT2D eigenvalue weighted by molar-refractivity contribution is -0.137. The Morgan fingerprint density at radius 2 is 1.69 bits per heavy atom. The lowest BCUT2D eigenvalue weighted by Crippen LogP contribution is -2.38. The Bertz CT molecular complexity index is 1280. The van der Waals surface area contributed by atoms with Crippen molar-refractivity contribution in [2.75, 3.05) is 38.3 Å². The van der Waals surface area contributed by atoms with Gasteiger partial charge in [0, 0.05) is 44.1 Å². The molecule has 1 fully saturated rings. The third-order valence-corrected chi connectivity index (χ3v) is 5.85. The number of para-hydroxylation sites is 2. The minimum atomic E-state index is -4.63. The third-order valence-electron chi connectivity index (χ3n) is 5.85. The van der Waals surface area contributed by atoms with Crippen molar-refractivity contribution in [3.8, 4) is 5.69 Å². The highest BCUT2D eigenvalue weighted by Crippen LogP contribution is 2.33. The molecule has 0 saturated carbocycles. The molecule has 1 amide bonds. The number of hydrogen-bond donors (Lipinski definition) is 0. The van der Waals surface area contributed by atoms with Crippen LogP contribution in [0, 0.1) is 6.92 Å². The number of ether oxygens (including phenoxy) is 1. The maximum atomic E-state index is 13.6. The van der Waals surface area contributed by atoms with Gasteiger partial charge in [-0.1, -0.05) is 30.3 Å². The number of benzene rings is 2. The number of morpholine rings is 1. The number of hydrogen-bond acceptors (Lipinski definition) is 5. The first-order valence-corrected chi connectivity index (χ1v) is 11.1. The molecule has 2 aromatic carbocycles. The van der Waals surface area contributed by atoms with Crippen LogP contribution in [0.4, 0.5) is 18.9 Å². The van der Waals surface area contributed by atoms with E-state index in [0.29, 0.717) is 13.2 Å². The molecule has 1 aliphatic heterocycles. The van der Waals surface area contributed by atoms with Crippen LogP contribution in [0.3, 0.4) is 0 Å². The predicted octanol–water partition coefficient (Wildman–Crippen LogP) is 3.67. The largest absolute Gasteiger partial charge is 0.418 e. The number of aryl methyl sites for hydroxylation is 1. The highest BCUT2D eigenvalue weighted by atomic mass is 19.4. The molecule has 0 aliphatic carbocycles. The highest BCUT2D eigenvalue weighted by molar-refractivity contribution is 5.92. The van der Waals surface area contributed by atoms with Gasteiger partial charge in [0.05, 0.1) is 24.5 Å². The maximum Gasteiger partial charge on any atom is 0.418 e. The molecule has 10 heteroatoms. The molecule has 2 heterocycles. The van der Waals surface area contributed by atoms with Crippen molar-refractivity contribution in [1.82, 2.24) is 14.7 Å². The van der Waals surface area contributed by atoms with E-state index in [-0.39, 0.29) is 17.9 Å². The molecular weight excluding hydrogens is 461 g/mol. The fraction of sp³-hybridized carbons (Fsp3) is 0.320. The molecule has 1 aromatic heterocycles. The Balaban J connectivity index is 1.66. The van der Waals surface area contributed by atoms with Crippen molar-refractivity contribution in [3.63, 3.8) is 0 Å². The van der Waals surface area contributed by atoms with E-state index in [9.17, 15) is 22.8 Å². The van der Waals surface area contributed by atoms with E-state index in [0.717, 1.165) is 41.2 Å². The molecule has 4 rings (SSSR count). The molecule has 184 valence electrons. The van der Waals surface area contributed by atoms with Gasteiger partial charge < -0.3 is 14.5 Å². The zero-order chi connectivity index (χ0) is 25.2. The molecule has 0 unspecified atom stereocenters. The van der Waals surface area contributed by atoms with Gasteiger partial charge in [0.25, 0.3) is 5.91 Å². The summed E-state index contributed by atoms with van der Waals surface area (Å²) in [5.41, 5.74) is -0.245. The van der Waals surface area contributed by atoms with Gasteiger partial charge in [0.1, 0.15) is 0 Å². The Labute approximate surface area is 200 Å². The SMILES string of the molecule is Cc1cc(=O)c(C(=O)N(C)Cc2ccccc2N2CCOCC2)nn1-c1ccccc1C(F)(F)F. The number of carbonyl (C=O) groups excluding carboxylic acids is 1. The second-order valence-electron chi connectivity index (χ2n) is 8.31. The van der Waals surface area contributed by atoms with Crippen LogP contribution >= 0.6 is 0 Å². The molecule has 0 bridgehead atoms. The Morgan fingerprint density at radius 3 is 2.37 bits per heavy atom. The third kappa shape index (κ3) is 5.22. The van der Waals surface area contributed by atoms with Gasteiger partial charge in [-0.2, -0.15) is 18.3 Å². The van der Waals surface area contributed by atoms with Crippen LogP contribution in [0.2, 0.25) is 0 Å². The van der Waals surface area contributed by atoms with Crippen LogP contribution in [0.25, 0.3) is 5.69 Å². The molecule has 1 saturated heterocycles. The molecule has 7 nitrogen and oxygen atoms in total. The first kappa shape index (κ1) is 24.5. The van der Waals surface area contributed by atoms with Crippen LogP contribution < -0.4 is 10.3 Å². The topological polar surface area (TPSA) is 67.7 Å². The van der Waals surface area contributed by atoms with Gasteiger partial charge in [0.2, 0.25) is 5.43 Å².